The Hall–Kier alpha value is -1.70. The van der Waals surface area contributed by atoms with Crippen molar-refractivity contribution in [2.75, 3.05) is 54.0 Å². The van der Waals surface area contributed by atoms with Crippen LogP contribution in [0.1, 0.15) is 25.0 Å². The summed E-state index contributed by atoms with van der Waals surface area (Å²) in [7, 11) is 5.64. The highest BCUT2D eigenvalue weighted by Gasteiger charge is 2.28. The second kappa shape index (κ2) is 10.0. The Morgan fingerprint density at radius 2 is 1.96 bits per heavy atom. The first-order chi connectivity index (χ1) is 12.8. The molecule has 0 amide bonds. The van der Waals surface area contributed by atoms with Gasteiger partial charge in [0, 0.05) is 50.9 Å². The lowest BCUT2D eigenvalue weighted by Gasteiger charge is -2.41. The van der Waals surface area contributed by atoms with Crippen molar-refractivity contribution in [2.45, 2.75) is 32.5 Å². The number of rotatable bonds is 7. The van der Waals surface area contributed by atoms with Gasteiger partial charge in [0.25, 0.3) is 0 Å². The monoisotopic (exact) mass is 379 g/mol. The van der Waals surface area contributed by atoms with Crippen LogP contribution in [0.5, 0.6) is 0 Å². The van der Waals surface area contributed by atoms with Gasteiger partial charge in [-0.15, -0.1) is 0 Å². The number of halogens is 1. The van der Waals surface area contributed by atoms with Gasteiger partial charge in [-0.3, -0.25) is 9.89 Å². The number of benzene rings is 1. The van der Waals surface area contributed by atoms with Crippen LogP contribution in [0.2, 0.25) is 0 Å². The predicted octanol–water partition coefficient (Wildman–Crippen LogP) is 1.66. The number of guanidine groups is 1. The molecule has 2 rings (SSSR count). The number of ether oxygens (including phenoxy) is 1. The van der Waals surface area contributed by atoms with E-state index in [2.05, 4.69) is 34.4 Å². The van der Waals surface area contributed by atoms with Crippen molar-refractivity contribution < 1.29 is 9.13 Å². The van der Waals surface area contributed by atoms with Gasteiger partial charge in [0.15, 0.2) is 5.96 Å². The topological polar surface area (TPSA) is 52.1 Å². The average molecular weight is 380 g/mol. The van der Waals surface area contributed by atoms with Crippen molar-refractivity contribution >= 4 is 5.96 Å². The van der Waals surface area contributed by atoms with E-state index >= 15 is 0 Å². The molecule has 1 aromatic carbocycles. The third-order valence-corrected chi connectivity index (χ3v) is 4.84. The van der Waals surface area contributed by atoms with Crippen molar-refractivity contribution in [1.82, 2.24) is 20.4 Å². The van der Waals surface area contributed by atoms with E-state index < -0.39 is 0 Å². The van der Waals surface area contributed by atoms with Crippen LogP contribution in [0.25, 0.3) is 0 Å². The molecular formula is C20H34FN5O. The van der Waals surface area contributed by atoms with Crippen molar-refractivity contribution in [3.63, 3.8) is 0 Å². The van der Waals surface area contributed by atoms with Crippen molar-refractivity contribution in [1.29, 1.82) is 0 Å². The summed E-state index contributed by atoms with van der Waals surface area (Å²) in [6.45, 7) is 9.89. The summed E-state index contributed by atoms with van der Waals surface area (Å²) in [4.78, 5) is 8.71. The van der Waals surface area contributed by atoms with Crippen LogP contribution in [-0.4, -0.2) is 75.3 Å². The molecule has 0 bridgehead atoms. The van der Waals surface area contributed by atoms with Gasteiger partial charge in [-0.25, -0.2) is 4.39 Å². The Morgan fingerprint density at radius 1 is 1.26 bits per heavy atom. The summed E-state index contributed by atoms with van der Waals surface area (Å²) in [5.41, 5.74) is 1.75. The van der Waals surface area contributed by atoms with Crippen molar-refractivity contribution in [2.24, 2.45) is 4.99 Å². The minimum atomic E-state index is -0.165. The highest BCUT2D eigenvalue weighted by atomic mass is 19.1. The number of hydrogen-bond acceptors (Lipinski definition) is 4. The van der Waals surface area contributed by atoms with Gasteiger partial charge in [-0.2, -0.15) is 0 Å². The molecule has 27 heavy (non-hydrogen) atoms. The lowest BCUT2D eigenvalue weighted by atomic mass is 10.0. The molecule has 7 heteroatoms. The summed E-state index contributed by atoms with van der Waals surface area (Å²) >= 11 is 0. The fourth-order valence-corrected chi connectivity index (χ4v) is 3.19. The second-order valence-corrected chi connectivity index (χ2v) is 7.85. The van der Waals surface area contributed by atoms with Crippen LogP contribution in [0.15, 0.2) is 23.2 Å². The van der Waals surface area contributed by atoms with Crippen LogP contribution in [-0.2, 0) is 17.8 Å². The van der Waals surface area contributed by atoms with E-state index in [0.29, 0.717) is 18.7 Å². The Labute approximate surface area is 162 Å². The summed E-state index contributed by atoms with van der Waals surface area (Å²) < 4.78 is 19.4. The van der Waals surface area contributed by atoms with Crippen molar-refractivity contribution in [3.05, 3.63) is 35.1 Å². The lowest BCUT2D eigenvalue weighted by Crippen LogP contribution is -2.56. The molecule has 1 fully saturated rings. The molecule has 2 N–H and O–H groups in total. The van der Waals surface area contributed by atoms with E-state index in [1.807, 2.05) is 31.1 Å². The van der Waals surface area contributed by atoms with Gasteiger partial charge in [0.2, 0.25) is 0 Å². The molecule has 0 aliphatic carbocycles. The van der Waals surface area contributed by atoms with Gasteiger partial charge in [-0.1, -0.05) is 6.07 Å². The van der Waals surface area contributed by atoms with Crippen LogP contribution in [0.3, 0.4) is 0 Å². The van der Waals surface area contributed by atoms with Gasteiger partial charge < -0.3 is 20.3 Å². The Morgan fingerprint density at radius 3 is 2.59 bits per heavy atom. The molecule has 1 aromatic rings. The van der Waals surface area contributed by atoms with Crippen LogP contribution in [0, 0.1) is 5.82 Å². The normalized spacial score (nSPS) is 16.6. The first-order valence-corrected chi connectivity index (χ1v) is 9.51. The van der Waals surface area contributed by atoms with Gasteiger partial charge >= 0.3 is 0 Å². The van der Waals surface area contributed by atoms with Gasteiger partial charge in [-0.05, 0) is 45.6 Å². The number of nitrogens with one attached hydrogen (secondary N) is 2. The molecule has 1 aliphatic heterocycles. The molecule has 0 radical (unpaired) electrons. The van der Waals surface area contributed by atoms with E-state index in [-0.39, 0.29) is 11.4 Å². The molecule has 0 aromatic heterocycles. The molecular weight excluding hydrogens is 345 g/mol. The van der Waals surface area contributed by atoms with Crippen molar-refractivity contribution in [3.8, 4) is 0 Å². The maximum Gasteiger partial charge on any atom is 0.191 e. The number of nitrogens with zero attached hydrogens (tertiary/aromatic N) is 3. The quantitative estimate of drug-likeness (QED) is 0.558. The van der Waals surface area contributed by atoms with E-state index in [0.717, 1.165) is 44.4 Å². The third-order valence-electron chi connectivity index (χ3n) is 4.84. The molecule has 1 aliphatic rings. The Kier molecular flexibility index (Phi) is 8.01. The fraction of sp³-hybridized carbons (Fsp3) is 0.650. The summed E-state index contributed by atoms with van der Waals surface area (Å²) in [6, 6.07) is 5.26. The highest BCUT2D eigenvalue weighted by Crippen LogP contribution is 2.15. The zero-order chi connectivity index (χ0) is 19.9. The van der Waals surface area contributed by atoms with Gasteiger partial charge in [0.1, 0.15) is 5.82 Å². The molecule has 0 atom stereocenters. The third kappa shape index (κ3) is 6.75. The zero-order valence-electron chi connectivity index (χ0n) is 17.3. The van der Waals surface area contributed by atoms with E-state index in [9.17, 15) is 4.39 Å². The first-order valence-electron chi connectivity index (χ1n) is 9.51. The second-order valence-electron chi connectivity index (χ2n) is 7.85. The molecule has 1 saturated heterocycles. The molecule has 6 nitrogen and oxygen atoms in total. The average Bonchev–Trinajstić information content (AvgIpc) is 2.64. The zero-order valence-corrected chi connectivity index (χ0v) is 17.3. The molecule has 0 spiro atoms. The smallest absolute Gasteiger partial charge is 0.191 e. The van der Waals surface area contributed by atoms with E-state index in [1.54, 1.807) is 7.05 Å². The number of hydrogen-bond donors (Lipinski definition) is 2. The summed E-state index contributed by atoms with van der Waals surface area (Å²) in [6.07, 6.45) is 0. The summed E-state index contributed by atoms with van der Waals surface area (Å²) in [5, 5.41) is 6.73. The summed E-state index contributed by atoms with van der Waals surface area (Å²) in [5.74, 6) is 0.581. The van der Waals surface area contributed by atoms with Crippen LogP contribution >= 0.6 is 0 Å². The minimum absolute atomic E-state index is 0.0101. The van der Waals surface area contributed by atoms with Crippen LogP contribution < -0.4 is 10.6 Å². The van der Waals surface area contributed by atoms with Gasteiger partial charge in [0.05, 0.1) is 13.2 Å². The maximum atomic E-state index is 13.9. The molecule has 152 valence electrons. The number of morpholine rings is 1. The lowest BCUT2D eigenvalue weighted by molar-refractivity contribution is -0.00834. The standard InChI is InChI=1S/C20H34FN5O/c1-20(2,26-8-10-27-11-9-26)15-24-19(22-3)23-13-16-6-7-18(21)17(12-16)14-25(4)5/h6-7,12H,8-11,13-15H2,1-5H3,(H2,22,23,24). The van der Waals surface area contributed by atoms with E-state index in [4.69, 9.17) is 4.74 Å². The molecule has 0 unspecified atom stereocenters. The SMILES string of the molecule is CN=C(NCc1ccc(F)c(CN(C)C)c1)NCC(C)(C)N1CCOCC1. The molecule has 1 heterocycles. The van der Waals surface area contributed by atoms with E-state index in [1.165, 1.54) is 6.07 Å². The van der Waals surface area contributed by atoms with Crippen LogP contribution in [0.4, 0.5) is 4.39 Å². The maximum absolute atomic E-state index is 13.9. The largest absolute Gasteiger partial charge is 0.379 e. The first kappa shape index (κ1) is 21.6. The Balaban J connectivity index is 1.88. The highest BCUT2D eigenvalue weighted by molar-refractivity contribution is 5.79. The molecule has 0 saturated carbocycles. The predicted molar refractivity (Wildman–Crippen MR) is 108 cm³/mol. The number of aliphatic imine (C=N–C) groups is 1. The Bertz CT molecular complexity index is 627. The fourth-order valence-electron chi connectivity index (χ4n) is 3.19. The minimum Gasteiger partial charge on any atom is -0.379 e.